The van der Waals surface area contributed by atoms with Crippen molar-refractivity contribution >= 4 is 11.8 Å². The van der Waals surface area contributed by atoms with E-state index in [9.17, 15) is 14.0 Å². The molecule has 4 heterocycles. The molecular formula is C18H20FN5O3. The van der Waals surface area contributed by atoms with Gasteiger partial charge in [-0.15, -0.1) is 0 Å². The molecule has 2 aromatic rings. The van der Waals surface area contributed by atoms with Crippen molar-refractivity contribution < 1.29 is 18.5 Å². The third-order valence-corrected chi connectivity index (χ3v) is 5.23. The van der Waals surface area contributed by atoms with Gasteiger partial charge in [0.1, 0.15) is 11.5 Å². The molecule has 0 unspecified atom stereocenters. The van der Waals surface area contributed by atoms with Gasteiger partial charge in [-0.05, 0) is 25.0 Å². The molecule has 2 aromatic heterocycles. The van der Waals surface area contributed by atoms with E-state index < -0.39 is 5.82 Å². The van der Waals surface area contributed by atoms with Crippen LogP contribution in [0.15, 0.2) is 22.9 Å². The second-order valence-corrected chi connectivity index (χ2v) is 7.04. The van der Waals surface area contributed by atoms with Gasteiger partial charge in [0.15, 0.2) is 5.82 Å². The number of carbonyl (C=O) groups is 2. The molecule has 0 aromatic carbocycles. The van der Waals surface area contributed by atoms with Crippen molar-refractivity contribution in [3.05, 3.63) is 41.6 Å². The van der Waals surface area contributed by atoms with Crippen LogP contribution in [0.3, 0.4) is 0 Å². The van der Waals surface area contributed by atoms with Crippen LogP contribution in [0.1, 0.15) is 53.8 Å². The number of aromatic nitrogens is 3. The Morgan fingerprint density at radius 1 is 1.15 bits per heavy atom. The minimum atomic E-state index is -0.472. The first-order valence-corrected chi connectivity index (χ1v) is 9.01. The van der Waals surface area contributed by atoms with E-state index in [1.807, 2.05) is 4.90 Å². The lowest BCUT2D eigenvalue weighted by Crippen LogP contribution is -2.48. The van der Waals surface area contributed by atoms with Gasteiger partial charge in [0.25, 0.3) is 5.91 Å². The number of halogens is 1. The molecule has 0 spiro atoms. The number of amides is 2. The van der Waals surface area contributed by atoms with Crippen LogP contribution >= 0.6 is 0 Å². The van der Waals surface area contributed by atoms with Crippen molar-refractivity contribution in [2.45, 2.75) is 31.6 Å². The van der Waals surface area contributed by atoms with Crippen LogP contribution in [0.4, 0.5) is 4.39 Å². The number of rotatable bonds is 3. The van der Waals surface area contributed by atoms with E-state index in [2.05, 4.69) is 15.1 Å². The molecule has 0 N–H and O–H groups in total. The highest BCUT2D eigenvalue weighted by Gasteiger charge is 2.37. The fourth-order valence-electron chi connectivity index (χ4n) is 3.50. The average Bonchev–Trinajstić information content (AvgIpc) is 3.10. The largest absolute Gasteiger partial charge is 0.343 e. The highest BCUT2D eigenvalue weighted by molar-refractivity contribution is 5.92. The van der Waals surface area contributed by atoms with Gasteiger partial charge in [-0.1, -0.05) is 5.16 Å². The minimum Gasteiger partial charge on any atom is -0.343 e. The molecule has 0 saturated carbocycles. The number of nitrogens with zero attached hydrogens (tertiary/aromatic N) is 5. The summed E-state index contributed by atoms with van der Waals surface area (Å²) in [6, 6.07) is 2.60. The summed E-state index contributed by atoms with van der Waals surface area (Å²) in [5, 5.41) is 4.10. The zero-order valence-corrected chi connectivity index (χ0v) is 15.0. The normalized spacial score (nSPS) is 18.4. The van der Waals surface area contributed by atoms with Gasteiger partial charge >= 0.3 is 0 Å². The van der Waals surface area contributed by atoms with Crippen molar-refractivity contribution in [1.29, 1.82) is 0 Å². The Hall–Kier alpha value is -2.84. The maximum absolute atomic E-state index is 12.9. The molecule has 142 valence electrons. The zero-order valence-electron chi connectivity index (χ0n) is 15.0. The van der Waals surface area contributed by atoms with Gasteiger partial charge in [0.2, 0.25) is 11.8 Å². The summed E-state index contributed by atoms with van der Waals surface area (Å²) in [4.78, 5) is 35.5. The Bertz CT molecular complexity index is 839. The molecule has 4 rings (SSSR count). The van der Waals surface area contributed by atoms with E-state index in [1.165, 1.54) is 12.1 Å². The number of pyridine rings is 1. The van der Waals surface area contributed by atoms with Crippen LogP contribution in [-0.4, -0.2) is 62.9 Å². The molecule has 2 saturated heterocycles. The number of likely N-dealkylation sites (tertiary alicyclic amines) is 2. The summed E-state index contributed by atoms with van der Waals surface area (Å²) in [7, 11) is 0. The van der Waals surface area contributed by atoms with Crippen molar-refractivity contribution in [3.8, 4) is 0 Å². The number of hydrogen-bond acceptors (Lipinski definition) is 6. The average molecular weight is 373 g/mol. The van der Waals surface area contributed by atoms with E-state index in [-0.39, 0.29) is 29.3 Å². The minimum absolute atomic E-state index is 0.00737. The first-order valence-electron chi connectivity index (χ1n) is 9.01. The summed E-state index contributed by atoms with van der Waals surface area (Å²) in [5.41, 5.74) is 0.221. The van der Waals surface area contributed by atoms with E-state index in [4.69, 9.17) is 4.52 Å². The van der Waals surface area contributed by atoms with Crippen molar-refractivity contribution in [3.63, 3.8) is 0 Å². The molecule has 0 aliphatic carbocycles. The van der Waals surface area contributed by atoms with Crippen molar-refractivity contribution in [1.82, 2.24) is 24.9 Å². The highest BCUT2D eigenvalue weighted by atomic mass is 19.1. The van der Waals surface area contributed by atoms with Gasteiger partial charge in [-0.3, -0.25) is 9.59 Å². The van der Waals surface area contributed by atoms with Gasteiger partial charge in [-0.2, -0.15) is 4.98 Å². The number of piperidine rings is 1. The van der Waals surface area contributed by atoms with Gasteiger partial charge < -0.3 is 14.3 Å². The molecule has 2 amide bonds. The Balaban J connectivity index is 1.32. The van der Waals surface area contributed by atoms with Gasteiger partial charge in [-0.25, -0.2) is 9.37 Å². The second-order valence-electron chi connectivity index (χ2n) is 7.04. The molecule has 0 radical (unpaired) electrons. The van der Waals surface area contributed by atoms with E-state index in [0.717, 1.165) is 19.0 Å². The van der Waals surface area contributed by atoms with Crippen LogP contribution in [0.25, 0.3) is 0 Å². The molecule has 0 bridgehead atoms. The Morgan fingerprint density at radius 3 is 2.52 bits per heavy atom. The Labute approximate surface area is 155 Å². The van der Waals surface area contributed by atoms with E-state index in [0.29, 0.717) is 37.9 Å². The third-order valence-electron chi connectivity index (χ3n) is 5.23. The maximum Gasteiger partial charge on any atom is 0.272 e. The van der Waals surface area contributed by atoms with Gasteiger partial charge in [0.05, 0.1) is 12.1 Å². The lowest BCUT2D eigenvalue weighted by Gasteiger charge is -2.36. The monoisotopic (exact) mass is 373 g/mol. The first kappa shape index (κ1) is 17.6. The first-order chi connectivity index (χ1) is 13.0. The fourth-order valence-corrected chi connectivity index (χ4v) is 3.50. The number of hydrogen-bond donors (Lipinski definition) is 0. The molecule has 27 heavy (non-hydrogen) atoms. The highest BCUT2D eigenvalue weighted by Crippen LogP contribution is 2.30. The molecule has 0 atom stereocenters. The Kier molecular flexibility index (Phi) is 4.59. The molecule has 2 aliphatic rings. The summed E-state index contributed by atoms with van der Waals surface area (Å²) in [6.45, 7) is 3.95. The molecule has 2 aliphatic heterocycles. The standard InChI is InChI=1S/C18H20FN5O3/c1-11(25)23-6-4-12(5-7-23)16-21-17(27-22-16)13-9-24(10-13)18(26)15-3-2-14(19)8-20-15/h2-3,8,12-13H,4-7,9-10H2,1H3. The fraction of sp³-hybridized carbons (Fsp3) is 0.500. The molecule has 8 nitrogen and oxygen atoms in total. The van der Waals surface area contributed by atoms with Gasteiger partial charge in [0, 0.05) is 39.0 Å². The second kappa shape index (κ2) is 7.05. The molecule has 9 heteroatoms. The summed E-state index contributed by atoms with van der Waals surface area (Å²) in [5.74, 6) is 0.806. The van der Waals surface area contributed by atoms with Crippen molar-refractivity contribution in [2.75, 3.05) is 26.2 Å². The van der Waals surface area contributed by atoms with Crippen LogP contribution < -0.4 is 0 Å². The van der Waals surface area contributed by atoms with Crippen molar-refractivity contribution in [2.24, 2.45) is 0 Å². The maximum atomic E-state index is 12.9. The van der Waals surface area contributed by atoms with Crippen LogP contribution in [0.2, 0.25) is 0 Å². The molecular weight excluding hydrogens is 353 g/mol. The van der Waals surface area contributed by atoms with Crippen LogP contribution in [0, 0.1) is 5.82 Å². The Morgan fingerprint density at radius 2 is 1.89 bits per heavy atom. The zero-order chi connectivity index (χ0) is 19.0. The number of carbonyl (C=O) groups excluding carboxylic acids is 2. The van der Waals surface area contributed by atoms with Crippen LogP contribution in [-0.2, 0) is 4.79 Å². The predicted octanol–water partition coefficient (Wildman–Crippen LogP) is 1.57. The quantitative estimate of drug-likeness (QED) is 0.811. The summed E-state index contributed by atoms with van der Waals surface area (Å²) < 4.78 is 18.3. The summed E-state index contributed by atoms with van der Waals surface area (Å²) >= 11 is 0. The molecule has 2 fully saturated rings. The van der Waals surface area contributed by atoms with Crippen LogP contribution in [0.5, 0.6) is 0 Å². The third kappa shape index (κ3) is 3.54. The lowest BCUT2D eigenvalue weighted by atomic mass is 9.95. The predicted molar refractivity (Wildman–Crippen MR) is 91.4 cm³/mol. The summed E-state index contributed by atoms with van der Waals surface area (Å²) in [6.07, 6.45) is 2.68. The lowest BCUT2D eigenvalue weighted by molar-refractivity contribution is -0.129. The van der Waals surface area contributed by atoms with E-state index in [1.54, 1.807) is 11.8 Å². The van der Waals surface area contributed by atoms with E-state index >= 15 is 0 Å². The topological polar surface area (TPSA) is 92.4 Å². The SMILES string of the molecule is CC(=O)N1CCC(c2noc(C3CN(C(=O)c4ccc(F)cn4)C3)n2)CC1. The smallest absolute Gasteiger partial charge is 0.272 e.